The van der Waals surface area contributed by atoms with Gasteiger partial charge in [-0.25, -0.2) is 0 Å². The monoisotopic (exact) mass is 329 g/mol. The molecule has 4 heteroatoms. The first kappa shape index (κ1) is 13.1. The van der Waals surface area contributed by atoms with Crippen molar-refractivity contribution in [1.82, 2.24) is 5.32 Å². The maximum atomic E-state index is 5.87. The standard InChI is InChI=1S/C13H13BrClNS/c1-9(10-2-4-12(15)5-3-10)16-7-13-6-11(14)8-17-13/h2-6,8-9,16H,7H2,1H3. The summed E-state index contributed by atoms with van der Waals surface area (Å²) in [6.07, 6.45) is 0. The zero-order chi connectivity index (χ0) is 12.3. The average molecular weight is 331 g/mol. The molecule has 0 saturated carbocycles. The first-order chi connectivity index (χ1) is 8.15. The van der Waals surface area contributed by atoms with Crippen LogP contribution in [0.15, 0.2) is 40.2 Å². The van der Waals surface area contributed by atoms with Gasteiger partial charge < -0.3 is 5.32 Å². The first-order valence-corrected chi connectivity index (χ1v) is 7.42. The summed E-state index contributed by atoms with van der Waals surface area (Å²) >= 11 is 11.1. The van der Waals surface area contributed by atoms with Gasteiger partial charge in [0.05, 0.1) is 0 Å². The number of nitrogens with one attached hydrogen (secondary N) is 1. The van der Waals surface area contributed by atoms with E-state index in [1.165, 1.54) is 10.4 Å². The fourth-order valence-electron chi connectivity index (χ4n) is 1.57. The highest BCUT2D eigenvalue weighted by Gasteiger charge is 2.05. The van der Waals surface area contributed by atoms with Crippen molar-refractivity contribution < 1.29 is 0 Å². The Morgan fingerprint density at radius 2 is 2.06 bits per heavy atom. The lowest BCUT2D eigenvalue weighted by Gasteiger charge is -2.13. The van der Waals surface area contributed by atoms with E-state index in [0.717, 1.165) is 16.0 Å². The van der Waals surface area contributed by atoms with Crippen LogP contribution in [0, 0.1) is 0 Å². The van der Waals surface area contributed by atoms with E-state index in [2.05, 4.69) is 51.7 Å². The van der Waals surface area contributed by atoms with Crippen molar-refractivity contribution in [2.24, 2.45) is 0 Å². The van der Waals surface area contributed by atoms with Crippen molar-refractivity contribution in [3.8, 4) is 0 Å². The lowest BCUT2D eigenvalue weighted by Crippen LogP contribution is -2.17. The summed E-state index contributed by atoms with van der Waals surface area (Å²) in [4.78, 5) is 1.33. The number of halogens is 2. The van der Waals surface area contributed by atoms with Gasteiger partial charge in [-0.1, -0.05) is 23.7 Å². The van der Waals surface area contributed by atoms with Crippen molar-refractivity contribution >= 4 is 38.9 Å². The lowest BCUT2D eigenvalue weighted by molar-refractivity contribution is 0.579. The van der Waals surface area contributed by atoms with E-state index < -0.39 is 0 Å². The molecule has 2 aromatic rings. The first-order valence-electron chi connectivity index (χ1n) is 5.37. The normalized spacial score (nSPS) is 12.6. The molecule has 1 aromatic carbocycles. The summed E-state index contributed by atoms with van der Waals surface area (Å²) in [5.41, 5.74) is 1.25. The molecule has 1 atom stereocenters. The molecule has 0 amide bonds. The van der Waals surface area contributed by atoms with Crippen LogP contribution in [0.1, 0.15) is 23.4 Å². The third kappa shape index (κ3) is 3.81. The molecule has 0 saturated heterocycles. The Balaban J connectivity index is 1.93. The van der Waals surface area contributed by atoms with Crippen molar-refractivity contribution in [1.29, 1.82) is 0 Å². The molecule has 0 fully saturated rings. The van der Waals surface area contributed by atoms with Crippen LogP contribution in [0.2, 0.25) is 5.02 Å². The fourth-order valence-corrected chi connectivity index (χ4v) is 3.10. The van der Waals surface area contributed by atoms with E-state index in [0.29, 0.717) is 6.04 Å². The van der Waals surface area contributed by atoms with E-state index in [1.54, 1.807) is 11.3 Å². The van der Waals surface area contributed by atoms with E-state index in [9.17, 15) is 0 Å². The average Bonchev–Trinajstić information content (AvgIpc) is 2.73. The van der Waals surface area contributed by atoms with Gasteiger partial charge in [-0.3, -0.25) is 0 Å². The van der Waals surface area contributed by atoms with Gasteiger partial charge in [-0.05, 0) is 46.6 Å². The molecule has 1 heterocycles. The van der Waals surface area contributed by atoms with Crippen LogP contribution >= 0.6 is 38.9 Å². The zero-order valence-corrected chi connectivity index (χ0v) is 12.6. The number of thiophene rings is 1. The second-order valence-electron chi connectivity index (χ2n) is 3.89. The van der Waals surface area contributed by atoms with Crippen LogP contribution < -0.4 is 5.32 Å². The molecule has 1 nitrogen and oxygen atoms in total. The second-order valence-corrected chi connectivity index (χ2v) is 6.23. The maximum Gasteiger partial charge on any atom is 0.0406 e. The Kier molecular flexibility index (Phi) is 4.62. The molecule has 1 unspecified atom stereocenters. The van der Waals surface area contributed by atoms with Gasteiger partial charge in [-0.2, -0.15) is 0 Å². The fraction of sp³-hybridized carbons (Fsp3) is 0.231. The third-order valence-electron chi connectivity index (χ3n) is 2.57. The van der Waals surface area contributed by atoms with Gasteiger partial charge in [-0.15, -0.1) is 11.3 Å². The lowest BCUT2D eigenvalue weighted by atomic mass is 10.1. The number of benzene rings is 1. The molecule has 2 rings (SSSR count). The summed E-state index contributed by atoms with van der Waals surface area (Å²) in [5, 5.41) is 6.38. The topological polar surface area (TPSA) is 12.0 Å². The van der Waals surface area contributed by atoms with Crippen LogP contribution in [-0.4, -0.2) is 0 Å². The zero-order valence-electron chi connectivity index (χ0n) is 9.41. The molecular formula is C13H13BrClNS. The van der Waals surface area contributed by atoms with Crippen LogP contribution in [0.4, 0.5) is 0 Å². The molecule has 0 bridgehead atoms. The summed E-state index contributed by atoms with van der Waals surface area (Å²) in [6, 6.07) is 10.4. The minimum atomic E-state index is 0.327. The summed E-state index contributed by atoms with van der Waals surface area (Å²) in [6.45, 7) is 3.05. The molecule has 0 spiro atoms. The van der Waals surface area contributed by atoms with E-state index in [4.69, 9.17) is 11.6 Å². The Hall–Kier alpha value is -0.350. The molecule has 90 valence electrons. The second kappa shape index (κ2) is 6.01. The minimum absolute atomic E-state index is 0.327. The van der Waals surface area contributed by atoms with Gasteiger partial charge in [0.2, 0.25) is 0 Å². The van der Waals surface area contributed by atoms with Crippen molar-refractivity contribution in [3.63, 3.8) is 0 Å². The van der Waals surface area contributed by atoms with Gasteiger partial charge in [0.15, 0.2) is 0 Å². The number of rotatable bonds is 4. The molecule has 0 radical (unpaired) electrons. The van der Waals surface area contributed by atoms with Gasteiger partial charge in [0, 0.05) is 32.3 Å². The van der Waals surface area contributed by atoms with Crippen LogP contribution in [0.25, 0.3) is 0 Å². The predicted octanol–water partition coefficient (Wildman–Crippen LogP) is 5.01. The summed E-state index contributed by atoms with van der Waals surface area (Å²) in [7, 11) is 0. The quantitative estimate of drug-likeness (QED) is 0.830. The van der Waals surface area contributed by atoms with Gasteiger partial charge >= 0.3 is 0 Å². The van der Waals surface area contributed by atoms with Gasteiger partial charge in [0.1, 0.15) is 0 Å². The van der Waals surface area contributed by atoms with Crippen molar-refractivity contribution in [2.75, 3.05) is 0 Å². The molecule has 0 aliphatic heterocycles. The Labute approximate surface area is 119 Å². The highest BCUT2D eigenvalue weighted by atomic mass is 79.9. The molecule has 1 aromatic heterocycles. The van der Waals surface area contributed by atoms with Crippen molar-refractivity contribution in [3.05, 3.63) is 55.6 Å². The van der Waals surface area contributed by atoms with Crippen LogP contribution in [0.5, 0.6) is 0 Å². The van der Waals surface area contributed by atoms with Crippen LogP contribution in [-0.2, 0) is 6.54 Å². The predicted molar refractivity (Wildman–Crippen MR) is 78.7 cm³/mol. The van der Waals surface area contributed by atoms with Gasteiger partial charge in [0.25, 0.3) is 0 Å². The smallest absolute Gasteiger partial charge is 0.0406 e. The highest BCUT2D eigenvalue weighted by Crippen LogP contribution is 2.21. The Morgan fingerprint density at radius 3 is 2.65 bits per heavy atom. The molecular weight excluding hydrogens is 318 g/mol. The van der Waals surface area contributed by atoms with Crippen molar-refractivity contribution in [2.45, 2.75) is 19.5 Å². The molecule has 17 heavy (non-hydrogen) atoms. The summed E-state index contributed by atoms with van der Waals surface area (Å²) in [5.74, 6) is 0. The maximum absolute atomic E-state index is 5.87. The van der Waals surface area contributed by atoms with E-state index >= 15 is 0 Å². The summed E-state index contributed by atoms with van der Waals surface area (Å²) < 4.78 is 1.15. The Morgan fingerprint density at radius 1 is 1.35 bits per heavy atom. The highest BCUT2D eigenvalue weighted by molar-refractivity contribution is 9.10. The SMILES string of the molecule is CC(NCc1cc(Br)cs1)c1ccc(Cl)cc1. The number of hydrogen-bond donors (Lipinski definition) is 1. The molecule has 0 aliphatic carbocycles. The van der Waals surface area contributed by atoms with E-state index in [1.807, 2.05) is 12.1 Å². The minimum Gasteiger partial charge on any atom is -0.305 e. The largest absolute Gasteiger partial charge is 0.305 e. The molecule has 0 aliphatic rings. The molecule has 1 N–H and O–H groups in total. The number of hydrogen-bond acceptors (Lipinski definition) is 2. The third-order valence-corrected chi connectivity index (χ3v) is 4.52. The van der Waals surface area contributed by atoms with E-state index in [-0.39, 0.29) is 0 Å². The van der Waals surface area contributed by atoms with Crippen LogP contribution in [0.3, 0.4) is 0 Å². The Bertz CT molecular complexity index is 480.